The molecule has 1 aromatic rings. The molecule has 2 saturated carbocycles. The fraction of sp³-hybridized carbons (Fsp3) is 0.500. The van der Waals surface area contributed by atoms with Gasteiger partial charge in [-0.15, -0.1) is 0 Å². The van der Waals surface area contributed by atoms with Gasteiger partial charge in [-0.1, -0.05) is 48.4 Å². The summed E-state index contributed by atoms with van der Waals surface area (Å²) in [5, 5.41) is 11.5. The third-order valence-electron chi connectivity index (χ3n) is 9.39. The van der Waals surface area contributed by atoms with Gasteiger partial charge in [-0.2, -0.15) is 0 Å². The molecule has 0 spiro atoms. The Balaban J connectivity index is 1.54. The van der Waals surface area contributed by atoms with Crippen LogP contribution in [0, 0.1) is 44.6 Å². The van der Waals surface area contributed by atoms with Crippen LogP contribution in [0.25, 0.3) is 0 Å². The maximum Gasteiger partial charge on any atom is 0.303 e. The molecule has 0 saturated heterocycles. The van der Waals surface area contributed by atoms with Crippen molar-refractivity contribution >= 4 is 29.3 Å². The Morgan fingerprint density at radius 2 is 1.97 bits per heavy atom. The number of hydrogen-bond donors (Lipinski definition) is 0. The number of rotatable bonds is 7. The van der Waals surface area contributed by atoms with Gasteiger partial charge in [0.05, 0.1) is 0 Å². The minimum absolute atomic E-state index is 0.0148. The number of ketones is 2. The molecular weight excluding hydrogens is 502 g/mol. The summed E-state index contributed by atoms with van der Waals surface area (Å²) in [5.41, 5.74) is 1.56. The highest BCUT2D eigenvalue weighted by Crippen LogP contribution is 2.66. The van der Waals surface area contributed by atoms with Gasteiger partial charge in [0.15, 0.2) is 11.6 Å². The molecule has 4 aliphatic rings. The number of ether oxygens (including phenoxy) is 1. The second-order valence-electron chi connectivity index (χ2n) is 11.5. The van der Waals surface area contributed by atoms with Gasteiger partial charge in [0.2, 0.25) is 0 Å². The summed E-state index contributed by atoms with van der Waals surface area (Å²) < 4.78 is 5.12. The van der Waals surface area contributed by atoms with Crippen LogP contribution in [0.2, 0.25) is 0 Å². The number of fused-ring (bicyclic) bond motifs is 5. The molecule has 1 aromatic carbocycles. The summed E-state index contributed by atoms with van der Waals surface area (Å²) in [6.45, 7) is 5.15. The monoisotopic (exact) mass is 535 g/mol. The standard InChI is InChI=1S/C30H33NO6S/c1-18(32)37-17-26(34)27-23(28(31(35)36)38-21-7-5-4-6-8-21)16-25-22-10-9-19-15-20(33)11-13-29(19,2)24(22)12-14-30(25,27)3/h4-8,11-13,15,22-23,25,27-28H,9-10,14,16-17H2,1-3H3/t22-,23-,25+,27-,28?,29+,30+/m1/s1. The van der Waals surface area contributed by atoms with Gasteiger partial charge in [0.1, 0.15) is 6.61 Å². The molecule has 0 radical (unpaired) electrons. The summed E-state index contributed by atoms with van der Waals surface area (Å²) in [6.07, 6.45) is 10.4. The van der Waals surface area contributed by atoms with Crippen LogP contribution in [0.15, 0.2) is 70.7 Å². The number of benzene rings is 1. The Hall–Kier alpha value is -3.00. The first-order chi connectivity index (χ1) is 18.0. The first-order valence-electron chi connectivity index (χ1n) is 13.2. The lowest BCUT2D eigenvalue weighted by molar-refractivity contribution is -0.505. The van der Waals surface area contributed by atoms with Gasteiger partial charge >= 0.3 is 5.97 Å². The lowest BCUT2D eigenvalue weighted by Gasteiger charge is -2.52. The quantitative estimate of drug-likeness (QED) is 0.112. The topological polar surface area (TPSA) is 104 Å². The van der Waals surface area contributed by atoms with E-state index in [1.54, 1.807) is 12.2 Å². The number of carbonyl (C=O) groups is 3. The van der Waals surface area contributed by atoms with Gasteiger partial charge in [0.25, 0.3) is 5.37 Å². The summed E-state index contributed by atoms with van der Waals surface area (Å²) in [4.78, 5) is 50.4. The lowest BCUT2D eigenvalue weighted by Crippen LogP contribution is -2.46. The number of nitrogens with zero attached hydrogens (tertiary/aromatic N) is 1. The Bertz CT molecular complexity index is 1270. The molecule has 0 aliphatic heterocycles. The minimum atomic E-state index is -1.00. The molecule has 0 N–H and O–H groups in total. The van der Waals surface area contributed by atoms with Crippen molar-refractivity contribution < 1.29 is 24.0 Å². The van der Waals surface area contributed by atoms with Crippen molar-refractivity contribution in [2.45, 2.75) is 56.7 Å². The number of allylic oxidation sites excluding steroid dienone is 6. The van der Waals surface area contributed by atoms with Crippen molar-refractivity contribution in [3.8, 4) is 0 Å². The summed E-state index contributed by atoms with van der Waals surface area (Å²) in [5.74, 6) is -1.64. The number of thioether (sulfide) groups is 1. The van der Waals surface area contributed by atoms with Crippen molar-refractivity contribution in [1.29, 1.82) is 0 Å². The van der Waals surface area contributed by atoms with E-state index in [2.05, 4.69) is 19.9 Å². The molecule has 8 heteroatoms. The van der Waals surface area contributed by atoms with Gasteiger partial charge in [-0.25, -0.2) is 0 Å². The second-order valence-corrected chi connectivity index (χ2v) is 12.6. The zero-order valence-electron chi connectivity index (χ0n) is 21.9. The van der Waals surface area contributed by atoms with Crippen molar-refractivity contribution in [1.82, 2.24) is 0 Å². The molecule has 0 aromatic heterocycles. The van der Waals surface area contributed by atoms with Gasteiger partial charge in [-0.3, -0.25) is 24.5 Å². The number of Topliss-reactive ketones (excluding diaryl/α,β-unsaturated/α-hetero) is 1. The number of hydrogen-bond acceptors (Lipinski definition) is 7. The van der Waals surface area contributed by atoms with E-state index in [1.165, 1.54) is 24.3 Å². The SMILES string of the molecule is CC(=O)OCC(=O)[C@H]1[C@H](C(Sc2ccccc2)[N+](=O)[O-])C[C@H]2[C@@H]3CCC4=CC(=O)C=C[C@]4(C)C3=CC[C@@]21C. The van der Waals surface area contributed by atoms with Crippen molar-refractivity contribution in [3.63, 3.8) is 0 Å². The van der Waals surface area contributed by atoms with Crippen molar-refractivity contribution in [2.24, 2.45) is 34.5 Å². The third kappa shape index (κ3) is 4.46. The number of carbonyl (C=O) groups excluding carboxylic acids is 3. The van der Waals surface area contributed by atoms with E-state index in [0.717, 1.165) is 23.3 Å². The van der Waals surface area contributed by atoms with E-state index in [9.17, 15) is 24.5 Å². The molecule has 4 aliphatic carbocycles. The average Bonchev–Trinajstić information content (AvgIpc) is 3.19. The number of nitro groups is 1. The molecule has 7 atom stereocenters. The smallest absolute Gasteiger partial charge is 0.303 e. The number of esters is 1. The van der Waals surface area contributed by atoms with Gasteiger partial charge in [0, 0.05) is 34.0 Å². The van der Waals surface area contributed by atoms with Crippen LogP contribution in [0.5, 0.6) is 0 Å². The molecule has 1 unspecified atom stereocenters. The second kappa shape index (κ2) is 9.95. The van der Waals surface area contributed by atoms with E-state index in [-0.39, 0.29) is 40.3 Å². The van der Waals surface area contributed by atoms with Crippen LogP contribution in [0.1, 0.15) is 46.5 Å². The van der Waals surface area contributed by atoms with E-state index < -0.39 is 28.6 Å². The van der Waals surface area contributed by atoms with Gasteiger partial charge < -0.3 is 4.74 Å². The fourth-order valence-corrected chi connectivity index (χ4v) is 8.82. The van der Waals surface area contributed by atoms with Crippen LogP contribution in [-0.4, -0.2) is 34.4 Å². The van der Waals surface area contributed by atoms with Gasteiger partial charge in [-0.05, 0) is 85.9 Å². The van der Waals surface area contributed by atoms with Crippen LogP contribution < -0.4 is 0 Å². The molecule has 200 valence electrons. The lowest BCUT2D eigenvalue weighted by atomic mass is 9.52. The van der Waals surface area contributed by atoms with E-state index in [4.69, 9.17) is 4.74 Å². The van der Waals surface area contributed by atoms with Crippen molar-refractivity contribution in [2.75, 3.05) is 6.61 Å². The first kappa shape index (κ1) is 26.6. The van der Waals surface area contributed by atoms with Crippen LogP contribution in [-0.2, 0) is 19.1 Å². The summed E-state index contributed by atoms with van der Waals surface area (Å²) in [6, 6.07) is 9.28. The molecule has 0 heterocycles. The molecule has 0 bridgehead atoms. The Morgan fingerprint density at radius 3 is 2.66 bits per heavy atom. The molecule has 7 nitrogen and oxygen atoms in total. The fourth-order valence-electron chi connectivity index (χ4n) is 7.70. The highest BCUT2D eigenvalue weighted by Gasteiger charge is 2.63. The minimum Gasteiger partial charge on any atom is -0.458 e. The molecule has 2 fully saturated rings. The molecular formula is C30H33NO6S. The molecule has 38 heavy (non-hydrogen) atoms. The maximum absolute atomic E-state index is 13.7. The predicted molar refractivity (Wildman–Crippen MR) is 144 cm³/mol. The molecule has 0 amide bonds. The highest BCUT2D eigenvalue weighted by atomic mass is 32.2. The van der Waals surface area contributed by atoms with Crippen LogP contribution >= 0.6 is 11.8 Å². The van der Waals surface area contributed by atoms with E-state index in [1.807, 2.05) is 36.4 Å². The first-order valence-corrected chi connectivity index (χ1v) is 14.1. The largest absolute Gasteiger partial charge is 0.458 e. The third-order valence-corrected chi connectivity index (χ3v) is 10.7. The maximum atomic E-state index is 13.7. The normalized spacial score (nSPS) is 34.2. The Kier molecular flexibility index (Phi) is 6.97. The Labute approximate surface area is 226 Å². The Morgan fingerprint density at radius 1 is 1.24 bits per heavy atom. The molecule has 5 rings (SSSR count). The van der Waals surface area contributed by atoms with Crippen molar-refractivity contribution in [3.05, 3.63) is 75.9 Å². The van der Waals surface area contributed by atoms with Crippen LogP contribution in [0.3, 0.4) is 0 Å². The zero-order chi connectivity index (χ0) is 27.2. The average molecular weight is 536 g/mol. The summed E-state index contributed by atoms with van der Waals surface area (Å²) in [7, 11) is 0. The van der Waals surface area contributed by atoms with E-state index >= 15 is 0 Å². The van der Waals surface area contributed by atoms with Crippen LogP contribution in [0.4, 0.5) is 0 Å². The van der Waals surface area contributed by atoms with E-state index in [0.29, 0.717) is 12.8 Å². The summed E-state index contributed by atoms with van der Waals surface area (Å²) >= 11 is 1.20. The predicted octanol–water partition coefficient (Wildman–Crippen LogP) is 5.58. The highest BCUT2D eigenvalue weighted by molar-refractivity contribution is 7.99. The zero-order valence-corrected chi connectivity index (χ0v) is 22.7.